The Hall–Kier alpha value is -2.43. The summed E-state index contributed by atoms with van der Waals surface area (Å²) in [4.78, 5) is 10.4. The number of rotatable bonds is 6. The van der Waals surface area contributed by atoms with Crippen LogP contribution in [0.25, 0.3) is 10.2 Å². The molecule has 1 saturated heterocycles. The van der Waals surface area contributed by atoms with Crippen molar-refractivity contribution < 1.29 is 8.42 Å². The molecule has 2 aromatic heterocycles. The van der Waals surface area contributed by atoms with E-state index >= 15 is 0 Å². The smallest absolute Gasteiger partial charge is 0.237 e. The van der Waals surface area contributed by atoms with E-state index in [-0.39, 0.29) is 0 Å². The number of sulfonamides is 1. The van der Waals surface area contributed by atoms with Gasteiger partial charge in [-0.25, -0.2) is 13.4 Å². The third kappa shape index (κ3) is 4.14. The van der Waals surface area contributed by atoms with Crippen molar-refractivity contribution in [2.45, 2.75) is 50.4 Å². The average molecular weight is 473 g/mol. The molecule has 1 aliphatic carbocycles. The predicted octanol–water partition coefficient (Wildman–Crippen LogP) is 4.14. The predicted molar refractivity (Wildman–Crippen MR) is 131 cm³/mol. The van der Waals surface area contributed by atoms with Crippen LogP contribution in [0.5, 0.6) is 0 Å². The van der Waals surface area contributed by atoms with Gasteiger partial charge in [0.2, 0.25) is 16.0 Å². The molecule has 0 amide bonds. The molecule has 0 spiro atoms. The summed E-state index contributed by atoms with van der Waals surface area (Å²) >= 11 is 1.58. The fourth-order valence-electron chi connectivity index (χ4n) is 4.30. The minimum atomic E-state index is -3.51. The van der Waals surface area contributed by atoms with E-state index in [1.807, 2.05) is 23.6 Å². The zero-order valence-electron chi connectivity index (χ0n) is 18.3. The van der Waals surface area contributed by atoms with Crippen LogP contribution in [0, 0.1) is 5.92 Å². The molecular weight excluding hydrogens is 444 g/mol. The molecule has 2 aliphatic rings. The number of piperidine rings is 1. The zero-order chi connectivity index (χ0) is 22.5. The summed E-state index contributed by atoms with van der Waals surface area (Å²) in [5, 5.41) is 13.4. The van der Waals surface area contributed by atoms with E-state index < -0.39 is 14.8 Å². The molecule has 2 fully saturated rings. The minimum Gasteiger partial charge on any atom is -0.351 e. The number of nitrogens with zero attached hydrogens (tertiary/aromatic N) is 2. The Balaban J connectivity index is 1.40. The summed E-state index contributed by atoms with van der Waals surface area (Å²) in [5.74, 6) is 1.95. The van der Waals surface area contributed by atoms with Crippen molar-refractivity contribution in [3.05, 3.63) is 35.7 Å². The van der Waals surface area contributed by atoms with Gasteiger partial charge in [0.05, 0.1) is 15.8 Å². The largest absolute Gasteiger partial charge is 0.351 e. The third-order valence-electron chi connectivity index (χ3n) is 6.19. The highest BCUT2D eigenvalue weighted by Gasteiger charge is 2.39. The van der Waals surface area contributed by atoms with E-state index in [2.05, 4.69) is 20.7 Å². The van der Waals surface area contributed by atoms with Crippen molar-refractivity contribution >= 4 is 54.7 Å². The van der Waals surface area contributed by atoms with Crippen molar-refractivity contribution in [2.75, 3.05) is 21.9 Å². The summed E-state index contributed by atoms with van der Waals surface area (Å²) in [6, 6.07) is 10.2. The van der Waals surface area contributed by atoms with Crippen molar-refractivity contribution in [1.82, 2.24) is 15.3 Å². The van der Waals surface area contributed by atoms with Crippen LogP contribution in [0.3, 0.4) is 0 Å². The van der Waals surface area contributed by atoms with Crippen LogP contribution in [0.2, 0.25) is 0 Å². The molecular formula is C22H28N6O2S2. The molecule has 0 radical (unpaired) electrons. The van der Waals surface area contributed by atoms with E-state index in [0.29, 0.717) is 35.5 Å². The number of hydrogen-bond acceptors (Lipinski definition) is 8. The second-order valence-corrected chi connectivity index (χ2v) is 12.9. The Morgan fingerprint density at radius 3 is 2.66 bits per heavy atom. The van der Waals surface area contributed by atoms with E-state index in [1.54, 1.807) is 44.2 Å². The molecule has 10 heteroatoms. The van der Waals surface area contributed by atoms with Crippen LogP contribution < -0.4 is 20.7 Å². The Bertz CT molecular complexity index is 1250. The Morgan fingerprint density at radius 2 is 1.94 bits per heavy atom. The Morgan fingerprint density at radius 1 is 1.12 bits per heavy atom. The van der Waals surface area contributed by atoms with Crippen LogP contribution in [-0.2, 0) is 10.0 Å². The van der Waals surface area contributed by atoms with Gasteiger partial charge in [-0.15, -0.1) is 11.3 Å². The van der Waals surface area contributed by atoms with Crippen LogP contribution in [0.1, 0.15) is 33.6 Å². The Labute approximate surface area is 192 Å². The maximum absolute atomic E-state index is 12.5. The standard InChI is InChI=1S/C22H28N6O2S2/c1-22(2,3)32(29,30)28-15-6-4-5-14(10-15)24-19-17-7-8-31-20(17)27-21(26-19)25-18-11-16-9-13(18)12-23-16/h4-8,10,13,16,18,23,28H,9,11-12H2,1-3H3,(H2,24,25,26,27). The fourth-order valence-corrected chi connectivity index (χ4v) is 5.81. The molecule has 170 valence electrons. The number of hydrogen-bond donors (Lipinski definition) is 4. The van der Waals surface area contributed by atoms with E-state index in [1.165, 1.54) is 6.42 Å². The second kappa shape index (κ2) is 7.86. The van der Waals surface area contributed by atoms with Gasteiger partial charge in [-0.05, 0) is 69.2 Å². The zero-order valence-corrected chi connectivity index (χ0v) is 20.0. The second-order valence-electron chi connectivity index (χ2n) is 9.55. The highest BCUT2D eigenvalue weighted by atomic mass is 32.2. The van der Waals surface area contributed by atoms with Crippen LogP contribution in [-0.4, -0.2) is 41.8 Å². The number of fused-ring (bicyclic) bond motifs is 3. The van der Waals surface area contributed by atoms with E-state index in [9.17, 15) is 8.42 Å². The van der Waals surface area contributed by atoms with Gasteiger partial charge in [0, 0.05) is 24.3 Å². The molecule has 1 saturated carbocycles. The molecule has 3 heterocycles. The number of benzene rings is 1. The van der Waals surface area contributed by atoms with Gasteiger partial charge < -0.3 is 16.0 Å². The van der Waals surface area contributed by atoms with Gasteiger partial charge in [0.25, 0.3) is 0 Å². The molecule has 5 rings (SSSR count). The minimum absolute atomic E-state index is 0.390. The quantitative estimate of drug-likeness (QED) is 0.427. The topological polar surface area (TPSA) is 108 Å². The van der Waals surface area contributed by atoms with E-state index in [4.69, 9.17) is 9.97 Å². The first-order valence-corrected chi connectivity index (χ1v) is 13.2. The highest BCUT2D eigenvalue weighted by Crippen LogP contribution is 2.35. The molecule has 3 aromatic rings. The summed E-state index contributed by atoms with van der Waals surface area (Å²) in [6.07, 6.45) is 2.30. The van der Waals surface area contributed by atoms with Crippen molar-refractivity contribution in [1.29, 1.82) is 0 Å². The first-order valence-electron chi connectivity index (χ1n) is 10.8. The lowest BCUT2D eigenvalue weighted by Crippen LogP contribution is -2.37. The lowest BCUT2D eigenvalue weighted by molar-refractivity contribution is 0.459. The first kappa shape index (κ1) is 21.4. The third-order valence-corrected chi connectivity index (χ3v) is 9.11. The van der Waals surface area contributed by atoms with Gasteiger partial charge in [-0.1, -0.05) is 6.07 Å². The fraction of sp³-hybridized carbons (Fsp3) is 0.455. The highest BCUT2D eigenvalue weighted by molar-refractivity contribution is 7.94. The van der Waals surface area contributed by atoms with Crippen molar-refractivity contribution in [2.24, 2.45) is 5.92 Å². The summed E-state index contributed by atoms with van der Waals surface area (Å²) in [7, 11) is -3.51. The van der Waals surface area contributed by atoms with Crippen LogP contribution in [0.15, 0.2) is 35.7 Å². The SMILES string of the molecule is CC(C)(C)S(=O)(=O)Nc1cccc(Nc2nc(NC3CC4CC3CN4)nc3sccc23)c1. The molecule has 3 unspecified atom stereocenters. The Kier molecular flexibility index (Phi) is 5.26. The van der Waals surface area contributed by atoms with Gasteiger partial charge in [-0.3, -0.25) is 4.72 Å². The molecule has 3 atom stereocenters. The lowest BCUT2D eigenvalue weighted by atomic mass is 10.0. The number of anilines is 4. The van der Waals surface area contributed by atoms with Gasteiger partial charge in [0.15, 0.2) is 0 Å². The first-order chi connectivity index (χ1) is 15.2. The summed E-state index contributed by atoms with van der Waals surface area (Å²) in [5.41, 5.74) is 1.26. The van der Waals surface area contributed by atoms with Gasteiger partial charge in [-0.2, -0.15) is 4.98 Å². The number of thiophene rings is 1. The number of nitrogens with one attached hydrogen (secondary N) is 4. The monoisotopic (exact) mass is 472 g/mol. The molecule has 2 bridgehead atoms. The lowest BCUT2D eigenvalue weighted by Gasteiger charge is -2.23. The average Bonchev–Trinajstić information content (AvgIpc) is 3.44. The maximum Gasteiger partial charge on any atom is 0.237 e. The van der Waals surface area contributed by atoms with Crippen LogP contribution >= 0.6 is 11.3 Å². The van der Waals surface area contributed by atoms with Gasteiger partial charge in [0.1, 0.15) is 10.6 Å². The van der Waals surface area contributed by atoms with Crippen molar-refractivity contribution in [3.63, 3.8) is 0 Å². The normalized spacial score (nSPS) is 22.9. The molecule has 32 heavy (non-hydrogen) atoms. The van der Waals surface area contributed by atoms with Gasteiger partial charge >= 0.3 is 0 Å². The molecule has 1 aliphatic heterocycles. The van der Waals surface area contributed by atoms with Crippen LogP contribution in [0.4, 0.5) is 23.1 Å². The summed E-state index contributed by atoms with van der Waals surface area (Å²) < 4.78 is 26.8. The maximum atomic E-state index is 12.5. The number of aromatic nitrogens is 2. The molecule has 1 aromatic carbocycles. The van der Waals surface area contributed by atoms with Crippen molar-refractivity contribution in [3.8, 4) is 0 Å². The molecule has 4 N–H and O–H groups in total. The van der Waals surface area contributed by atoms with E-state index in [0.717, 1.165) is 28.9 Å². The molecule has 8 nitrogen and oxygen atoms in total. The summed E-state index contributed by atoms with van der Waals surface area (Å²) in [6.45, 7) is 6.07.